The highest BCUT2D eigenvalue weighted by molar-refractivity contribution is 5.27. The predicted octanol–water partition coefficient (Wildman–Crippen LogP) is 1.78. The molecule has 0 spiro atoms. The summed E-state index contributed by atoms with van der Waals surface area (Å²) in [5.41, 5.74) is 1.46. The van der Waals surface area contributed by atoms with Crippen molar-refractivity contribution in [2.45, 2.75) is 18.4 Å². The van der Waals surface area contributed by atoms with Gasteiger partial charge in [-0.3, -0.25) is 0 Å². The highest BCUT2D eigenvalue weighted by Gasteiger charge is 2.37. The van der Waals surface area contributed by atoms with Crippen LogP contribution in [0.25, 0.3) is 0 Å². The van der Waals surface area contributed by atoms with Crippen LogP contribution in [0.2, 0.25) is 0 Å². The normalized spacial score (nSPS) is 24.9. The van der Waals surface area contributed by atoms with Crippen molar-refractivity contribution >= 4 is 0 Å². The van der Waals surface area contributed by atoms with Crippen molar-refractivity contribution in [3.05, 3.63) is 35.9 Å². The first kappa shape index (κ1) is 9.69. The molecule has 1 aromatic rings. The molecule has 14 heavy (non-hydrogen) atoms. The van der Waals surface area contributed by atoms with Gasteiger partial charge in [-0.05, 0) is 12.0 Å². The van der Waals surface area contributed by atoms with Crippen LogP contribution in [0.4, 0.5) is 0 Å². The Balaban J connectivity index is 1.76. The van der Waals surface area contributed by atoms with Crippen LogP contribution in [0.3, 0.4) is 0 Å². The van der Waals surface area contributed by atoms with Gasteiger partial charge >= 0.3 is 0 Å². The van der Waals surface area contributed by atoms with Crippen molar-refractivity contribution < 1.29 is 4.74 Å². The van der Waals surface area contributed by atoms with Gasteiger partial charge < -0.3 is 10.1 Å². The topological polar surface area (TPSA) is 21.3 Å². The molecule has 0 bridgehead atoms. The summed E-state index contributed by atoms with van der Waals surface area (Å²) in [5, 5.41) is 3.48. The van der Waals surface area contributed by atoms with Crippen molar-refractivity contribution in [1.82, 2.24) is 5.32 Å². The third-order valence-corrected chi connectivity index (χ3v) is 2.73. The zero-order valence-corrected chi connectivity index (χ0v) is 8.57. The van der Waals surface area contributed by atoms with E-state index in [1.54, 1.807) is 7.11 Å². The second kappa shape index (κ2) is 4.58. The van der Waals surface area contributed by atoms with E-state index in [1.165, 1.54) is 12.0 Å². The highest BCUT2D eigenvalue weighted by atomic mass is 16.5. The maximum Gasteiger partial charge on any atom is 0.0587 e. The zero-order valence-electron chi connectivity index (χ0n) is 8.57. The fraction of sp³-hybridized carbons (Fsp3) is 0.500. The molecule has 0 amide bonds. The van der Waals surface area contributed by atoms with Crippen LogP contribution in [-0.2, 0) is 4.74 Å². The number of rotatable bonds is 5. The van der Waals surface area contributed by atoms with E-state index < -0.39 is 0 Å². The summed E-state index contributed by atoms with van der Waals surface area (Å²) >= 11 is 0. The van der Waals surface area contributed by atoms with Crippen molar-refractivity contribution in [2.75, 3.05) is 20.3 Å². The molecule has 76 valence electrons. The Morgan fingerprint density at radius 2 is 2.14 bits per heavy atom. The number of benzene rings is 1. The molecule has 1 N–H and O–H groups in total. The minimum Gasteiger partial charge on any atom is -0.383 e. The molecule has 1 fully saturated rings. The van der Waals surface area contributed by atoms with Gasteiger partial charge in [0.25, 0.3) is 0 Å². The van der Waals surface area contributed by atoms with Crippen molar-refractivity contribution in [3.63, 3.8) is 0 Å². The molecule has 1 aliphatic carbocycles. The van der Waals surface area contributed by atoms with E-state index in [9.17, 15) is 0 Å². The van der Waals surface area contributed by atoms with Gasteiger partial charge in [0, 0.05) is 25.6 Å². The summed E-state index contributed by atoms with van der Waals surface area (Å²) in [5.74, 6) is 0.730. The van der Waals surface area contributed by atoms with Crippen LogP contribution in [0.15, 0.2) is 30.3 Å². The molecular weight excluding hydrogens is 174 g/mol. The molecule has 1 aliphatic rings. The van der Waals surface area contributed by atoms with Gasteiger partial charge in [0.05, 0.1) is 6.61 Å². The Labute approximate surface area is 85.3 Å². The standard InChI is InChI=1S/C12H17NO/c1-14-8-7-13-12-9-11(12)10-5-3-2-4-6-10/h2-6,11-13H,7-9H2,1H3/t11-,12+/m0/s1. The van der Waals surface area contributed by atoms with E-state index in [0.717, 1.165) is 19.1 Å². The molecule has 2 rings (SSSR count). The smallest absolute Gasteiger partial charge is 0.0587 e. The Morgan fingerprint density at radius 3 is 2.86 bits per heavy atom. The lowest BCUT2D eigenvalue weighted by atomic mass is 10.1. The summed E-state index contributed by atoms with van der Waals surface area (Å²) < 4.78 is 5.00. The van der Waals surface area contributed by atoms with E-state index in [2.05, 4.69) is 35.6 Å². The number of hydrogen-bond acceptors (Lipinski definition) is 2. The van der Waals surface area contributed by atoms with Crippen LogP contribution < -0.4 is 5.32 Å². The largest absolute Gasteiger partial charge is 0.383 e. The van der Waals surface area contributed by atoms with E-state index in [0.29, 0.717) is 6.04 Å². The van der Waals surface area contributed by atoms with E-state index in [-0.39, 0.29) is 0 Å². The van der Waals surface area contributed by atoms with Crippen LogP contribution in [0.5, 0.6) is 0 Å². The van der Waals surface area contributed by atoms with Gasteiger partial charge in [-0.15, -0.1) is 0 Å². The summed E-state index contributed by atoms with van der Waals surface area (Å²) in [6.07, 6.45) is 1.27. The number of ether oxygens (including phenoxy) is 1. The SMILES string of the molecule is COCCN[C@@H]1C[C@H]1c1ccccc1. The van der Waals surface area contributed by atoms with Gasteiger partial charge in [0.2, 0.25) is 0 Å². The highest BCUT2D eigenvalue weighted by Crippen LogP contribution is 2.40. The molecule has 1 saturated carbocycles. The van der Waals surface area contributed by atoms with Crippen LogP contribution in [0.1, 0.15) is 17.9 Å². The fourth-order valence-corrected chi connectivity index (χ4v) is 1.84. The lowest BCUT2D eigenvalue weighted by molar-refractivity contribution is 0.199. The van der Waals surface area contributed by atoms with Crippen LogP contribution >= 0.6 is 0 Å². The van der Waals surface area contributed by atoms with Gasteiger partial charge in [0.15, 0.2) is 0 Å². The Kier molecular flexibility index (Phi) is 3.17. The second-order valence-corrected chi connectivity index (χ2v) is 3.81. The minimum absolute atomic E-state index is 0.674. The number of hydrogen-bond donors (Lipinski definition) is 1. The van der Waals surface area contributed by atoms with Crippen LogP contribution in [-0.4, -0.2) is 26.3 Å². The van der Waals surface area contributed by atoms with Gasteiger partial charge in [-0.1, -0.05) is 30.3 Å². The first-order valence-corrected chi connectivity index (χ1v) is 5.19. The van der Waals surface area contributed by atoms with Gasteiger partial charge in [-0.25, -0.2) is 0 Å². The van der Waals surface area contributed by atoms with E-state index in [1.807, 2.05) is 0 Å². The van der Waals surface area contributed by atoms with Crippen molar-refractivity contribution in [1.29, 1.82) is 0 Å². The van der Waals surface area contributed by atoms with Crippen molar-refractivity contribution in [2.24, 2.45) is 0 Å². The van der Waals surface area contributed by atoms with Gasteiger partial charge in [-0.2, -0.15) is 0 Å². The minimum atomic E-state index is 0.674. The summed E-state index contributed by atoms with van der Waals surface area (Å²) in [6, 6.07) is 11.4. The Bertz CT molecular complexity index is 273. The van der Waals surface area contributed by atoms with Crippen molar-refractivity contribution in [3.8, 4) is 0 Å². The summed E-state index contributed by atoms with van der Waals surface area (Å²) in [4.78, 5) is 0. The summed E-state index contributed by atoms with van der Waals surface area (Å²) in [6.45, 7) is 1.77. The quantitative estimate of drug-likeness (QED) is 0.716. The van der Waals surface area contributed by atoms with Gasteiger partial charge in [0.1, 0.15) is 0 Å². The molecule has 0 unspecified atom stereocenters. The third kappa shape index (κ3) is 2.34. The average Bonchev–Trinajstić information content (AvgIpc) is 2.99. The zero-order chi connectivity index (χ0) is 9.80. The Morgan fingerprint density at radius 1 is 1.36 bits per heavy atom. The fourth-order valence-electron chi connectivity index (χ4n) is 1.84. The Hall–Kier alpha value is -0.860. The molecule has 2 atom stereocenters. The average molecular weight is 191 g/mol. The maximum atomic E-state index is 5.00. The van der Waals surface area contributed by atoms with E-state index >= 15 is 0 Å². The molecule has 0 heterocycles. The lowest BCUT2D eigenvalue weighted by Gasteiger charge is -2.02. The number of methoxy groups -OCH3 is 1. The lowest BCUT2D eigenvalue weighted by Crippen LogP contribution is -2.22. The summed E-state index contributed by atoms with van der Waals surface area (Å²) in [7, 11) is 1.74. The first-order chi connectivity index (χ1) is 6.92. The molecule has 2 heteroatoms. The molecule has 0 aliphatic heterocycles. The first-order valence-electron chi connectivity index (χ1n) is 5.19. The number of nitrogens with one attached hydrogen (secondary N) is 1. The molecule has 0 radical (unpaired) electrons. The van der Waals surface area contributed by atoms with Crippen LogP contribution in [0, 0.1) is 0 Å². The second-order valence-electron chi connectivity index (χ2n) is 3.81. The molecule has 2 nitrogen and oxygen atoms in total. The molecular formula is C12H17NO. The monoisotopic (exact) mass is 191 g/mol. The third-order valence-electron chi connectivity index (χ3n) is 2.73. The molecule has 1 aromatic carbocycles. The maximum absolute atomic E-state index is 5.00. The molecule has 0 aromatic heterocycles. The van der Waals surface area contributed by atoms with E-state index in [4.69, 9.17) is 4.74 Å². The predicted molar refractivity (Wildman–Crippen MR) is 57.5 cm³/mol. The molecule has 0 saturated heterocycles.